The lowest BCUT2D eigenvalue weighted by Crippen LogP contribution is -2.51. The van der Waals surface area contributed by atoms with Crippen LogP contribution < -0.4 is 5.73 Å². The van der Waals surface area contributed by atoms with Gasteiger partial charge in [0, 0.05) is 25.7 Å². The summed E-state index contributed by atoms with van der Waals surface area (Å²) in [5.74, 6) is 0.828. The van der Waals surface area contributed by atoms with Gasteiger partial charge in [-0.05, 0) is 25.7 Å². The lowest BCUT2D eigenvalue weighted by Gasteiger charge is -2.36. The first kappa shape index (κ1) is 11.9. The van der Waals surface area contributed by atoms with E-state index in [0.29, 0.717) is 19.1 Å². The van der Waals surface area contributed by atoms with Gasteiger partial charge in [-0.3, -0.25) is 4.79 Å². The van der Waals surface area contributed by atoms with Crippen LogP contribution in [-0.4, -0.2) is 42.6 Å². The quantitative estimate of drug-likeness (QED) is 0.712. The van der Waals surface area contributed by atoms with Gasteiger partial charge in [0.15, 0.2) is 0 Å². The van der Waals surface area contributed by atoms with Crippen molar-refractivity contribution in [1.29, 1.82) is 0 Å². The third kappa shape index (κ3) is 2.23. The number of ether oxygens (including phenoxy) is 1. The normalized spacial score (nSPS) is 40.1. The molecule has 0 aromatic carbocycles. The first-order valence-electron chi connectivity index (χ1n) is 6.25. The number of carbonyl (C=O) groups excluding carboxylic acids is 1. The van der Waals surface area contributed by atoms with E-state index in [9.17, 15) is 4.79 Å². The van der Waals surface area contributed by atoms with Gasteiger partial charge in [-0.1, -0.05) is 6.92 Å². The minimum atomic E-state index is 0.0561. The van der Waals surface area contributed by atoms with Crippen molar-refractivity contribution >= 4 is 5.91 Å². The summed E-state index contributed by atoms with van der Waals surface area (Å²) in [5, 5.41) is 0. The largest absolute Gasteiger partial charge is 0.378 e. The highest BCUT2D eigenvalue weighted by Gasteiger charge is 2.36. The highest BCUT2D eigenvalue weighted by molar-refractivity contribution is 5.79. The summed E-state index contributed by atoms with van der Waals surface area (Å²) in [7, 11) is 0. The summed E-state index contributed by atoms with van der Waals surface area (Å²) in [6, 6.07) is 0.135. The smallest absolute Gasteiger partial charge is 0.228 e. The summed E-state index contributed by atoms with van der Waals surface area (Å²) >= 11 is 0. The van der Waals surface area contributed by atoms with Gasteiger partial charge in [0.25, 0.3) is 0 Å². The Bertz CT molecular complexity index is 270. The van der Waals surface area contributed by atoms with Crippen molar-refractivity contribution in [3.63, 3.8) is 0 Å². The number of nitrogens with two attached hydrogens (primary N) is 1. The van der Waals surface area contributed by atoms with Gasteiger partial charge in [-0.15, -0.1) is 0 Å². The van der Waals surface area contributed by atoms with Crippen LogP contribution in [0.2, 0.25) is 0 Å². The molecule has 2 fully saturated rings. The van der Waals surface area contributed by atoms with Crippen LogP contribution in [0.25, 0.3) is 0 Å². The maximum absolute atomic E-state index is 12.3. The van der Waals surface area contributed by atoms with E-state index in [1.165, 1.54) is 0 Å². The molecule has 0 aromatic rings. The van der Waals surface area contributed by atoms with Crippen molar-refractivity contribution in [3.8, 4) is 0 Å². The Labute approximate surface area is 97.1 Å². The molecule has 0 radical (unpaired) electrons. The van der Waals surface area contributed by atoms with E-state index >= 15 is 0 Å². The Hall–Kier alpha value is -0.610. The lowest BCUT2D eigenvalue weighted by atomic mass is 9.92. The molecule has 16 heavy (non-hydrogen) atoms. The maximum Gasteiger partial charge on any atom is 0.228 e. The Morgan fingerprint density at radius 1 is 1.38 bits per heavy atom. The average molecular weight is 226 g/mol. The fourth-order valence-electron chi connectivity index (χ4n) is 2.59. The molecular weight excluding hydrogens is 204 g/mol. The number of rotatable bonds is 1. The van der Waals surface area contributed by atoms with Crippen LogP contribution in [0, 0.1) is 11.8 Å². The molecule has 2 heterocycles. The minimum Gasteiger partial charge on any atom is -0.378 e. The van der Waals surface area contributed by atoms with Crippen LogP contribution >= 0.6 is 0 Å². The molecule has 0 saturated carbocycles. The summed E-state index contributed by atoms with van der Waals surface area (Å²) in [6.45, 7) is 6.43. The molecule has 2 saturated heterocycles. The summed E-state index contributed by atoms with van der Waals surface area (Å²) < 4.78 is 5.45. The second kappa shape index (κ2) is 4.72. The van der Waals surface area contributed by atoms with Crippen molar-refractivity contribution in [3.05, 3.63) is 0 Å². The van der Waals surface area contributed by atoms with Crippen molar-refractivity contribution in [2.75, 3.05) is 19.7 Å². The Balaban J connectivity index is 1.95. The zero-order valence-corrected chi connectivity index (χ0v) is 10.2. The molecule has 0 spiro atoms. The molecule has 0 aromatic heterocycles. The van der Waals surface area contributed by atoms with E-state index in [-0.39, 0.29) is 24.0 Å². The highest BCUT2D eigenvalue weighted by Crippen LogP contribution is 2.25. The van der Waals surface area contributed by atoms with E-state index < -0.39 is 0 Å². The molecule has 0 bridgehead atoms. The first-order valence-corrected chi connectivity index (χ1v) is 6.25. The number of piperidine rings is 1. The zero-order valence-electron chi connectivity index (χ0n) is 10.2. The van der Waals surface area contributed by atoms with Crippen LogP contribution in [0.4, 0.5) is 0 Å². The van der Waals surface area contributed by atoms with Crippen LogP contribution in [-0.2, 0) is 9.53 Å². The monoisotopic (exact) mass is 226 g/mol. The van der Waals surface area contributed by atoms with E-state index in [1.54, 1.807) is 0 Å². The fraction of sp³-hybridized carbons (Fsp3) is 0.917. The molecule has 2 aliphatic heterocycles. The minimum absolute atomic E-state index is 0.0561. The molecule has 2 aliphatic rings. The molecule has 0 aliphatic carbocycles. The Kier molecular flexibility index (Phi) is 3.50. The highest BCUT2D eigenvalue weighted by atomic mass is 16.5. The Morgan fingerprint density at radius 2 is 2.12 bits per heavy atom. The number of carbonyl (C=O) groups is 1. The van der Waals surface area contributed by atoms with Crippen LogP contribution in [0.3, 0.4) is 0 Å². The topological polar surface area (TPSA) is 55.6 Å². The van der Waals surface area contributed by atoms with E-state index in [2.05, 4.69) is 6.92 Å². The molecule has 1 amide bonds. The van der Waals surface area contributed by atoms with Gasteiger partial charge in [0.1, 0.15) is 0 Å². The third-order valence-electron chi connectivity index (χ3n) is 4.02. The van der Waals surface area contributed by atoms with Gasteiger partial charge < -0.3 is 15.4 Å². The van der Waals surface area contributed by atoms with Gasteiger partial charge in [-0.25, -0.2) is 0 Å². The van der Waals surface area contributed by atoms with Gasteiger partial charge in [0.05, 0.1) is 12.0 Å². The molecular formula is C12H22N2O2. The van der Waals surface area contributed by atoms with E-state index in [1.807, 2.05) is 11.8 Å². The zero-order chi connectivity index (χ0) is 11.7. The fourth-order valence-corrected chi connectivity index (χ4v) is 2.59. The summed E-state index contributed by atoms with van der Waals surface area (Å²) in [5.41, 5.74) is 6.01. The number of hydrogen-bond acceptors (Lipinski definition) is 3. The molecule has 2 rings (SSSR count). The second-order valence-corrected chi connectivity index (χ2v) is 5.19. The number of amides is 1. The predicted octanol–water partition coefficient (Wildman–Crippen LogP) is 0.607. The number of likely N-dealkylation sites (tertiary alicyclic amines) is 1. The molecule has 92 valence electrons. The van der Waals surface area contributed by atoms with E-state index in [0.717, 1.165) is 19.4 Å². The predicted molar refractivity (Wildman–Crippen MR) is 61.9 cm³/mol. The average Bonchev–Trinajstić information content (AvgIpc) is 2.67. The standard InChI is InChI=1S/C12H22N2O2/c1-8-3-5-14(7-11(8)13)12(15)10-4-6-16-9(10)2/h8-11H,3-7,13H2,1-2H3. The summed E-state index contributed by atoms with van der Waals surface area (Å²) in [4.78, 5) is 14.2. The number of nitrogens with zero attached hydrogens (tertiary/aromatic N) is 1. The van der Waals surface area contributed by atoms with Crippen LogP contribution in [0.15, 0.2) is 0 Å². The Morgan fingerprint density at radius 3 is 2.69 bits per heavy atom. The molecule has 4 atom stereocenters. The van der Waals surface area contributed by atoms with Crippen LogP contribution in [0.5, 0.6) is 0 Å². The molecule has 4 unspecified atom stereocenters. The SMILES string of the molecule is CC1CCN(C(=O)C2CCOC2C)CC1N. The van der Waals surface area contributed by atoms with Crippen molar-refractivity contribution in [2.45, 2.75) is 38.8 Å². The van der Waals surface area contributed by atoms with Gasteiger partial charge >= 0.3 is 0 Å². The second-order valence-electron chi connectivity index (χ2n) is 5.19. The van der Waals surface area contributed by atoms with Crippen molar-refractivity contribution in [2.24, 2.45) is 17.6 Å². The van der Waals surface area contributed by atoms with Crippen LogP contribution in [0.1, 0.15) is 26.7 Å². The lowest BCUT2D eigenvalue weighted by molar-refractivity contribution is -0.138. The van der Waals surface area contributed by atoms with E-state index in [4.69, 9.17) is 10.5 Å². The first-order chi connectivity index (χ1) is 7.59. The van der Waals surface area contributed by atoms with Crippen molar-refractivity contribution < 1.29 is 9.53 Å². The van der Waals surface area contributed by atoms with Gasteiger partial charge in [0.2, 0.25) is 5.91 Å². The van der Waals surface area contributed by atoms with Crippen molar-refractivity contribution in [1.82, 2.24) is 4.90 Å². The third-order valence-corrected chi connectivity index (χ3v) is 4.02. The number of hydrogen-bond donors (Lipinski definition) is 1. The summed E-state index contributed by atoms with van der Waals surface area (Å²) in [6.07, 6.45) is 1.96. The molecule has 2 N–H and O–H groups in total. The van der Waals surface area contributed by atoms with Gasteiger partial charge in [-0.2, -0.15) is 0 Å². The molecule has 4 heteroatoms. The molecule has 4 nitrogen and oxygen atoms in total. The maximum atomic E-state index is 12.3.